The standard InChI is InChI=1S/C19H21FN2O4/c1-21(10-13-5-6-17(25-2)16(20)8-13)19(24)14-9-18(23)22(11-14)12-15-4-3-7-26-15/h3-8,14H,9-12H2,1-2H3. The van der Waals surface area contributed by atoms with Crippen LogP contribution in [0.25, 0.3) is 0 Å². The second-order valence-corrected chi connectivity index (χ2v) is 6.42. The topological polar surface area (TPSA) is 63.0 Å². The summed E-state index contributed by atoms with van der Waals surface area (Å²) in [5.41, 5.74) is 0.663. The first kappa shape index (κ1) is 18.0. The van der Waals surface area contributed by atoms with Crippen LogP contribution in [0.4, 0.5) is 4.39 Å². The average molecular weight is 360 g/mol. The van der Waals surface area contributed by atoms with E-state index in [0.29, 0.717) is 24.4 Å². The summed E-state index contributed by atoms with van der Waals surface area (Å²) in [5.74, 6) is -0.205. The number of halogens is 1. The van der Waals surface area contributed by atoms with Gasteiger partial charge in [-0.05, 0) is 29.8 Å². The minimum atomic E-state index is -0.466. The van der Waals surface area contributed by atoms with Crippen molar-refractivity contribution in [2.24, 2.45) is 5.92 Å². The third kappa shape index (κ3) is 3.87. The Kier molecular flexibility index (Phi) is 5.25. The van der Waals surface area contributed by atoms with Crippen LogP contribution in [-0.4, -0.2) is 42.3 Å². The fraction of sp³-hybridized carbons (Fsp3) is 0.368. The molecule has 138 valence electrons. The molecule has 0 N–H and O–H groups in total. The van der Waals surface area contributed by atoms with E-state index in [-0.39, 0.29) is 30.5 Å². The number of methoxy groups -OCH3 is 1. The molecule has 1 atom stereocenters. The summed E-state index contributed by atoms with van der Waals surface area (Å²) in [4.78, 5) is 28.0. The van der Waals surface area contributed by atoms with Gasteiger partial charge in [-0.25, -0.2) is 4.39 Å². The number of nitrogens with zero attached hydrogens (tertiary/aromatic N) is 2. The number of ether oxygens (including phenoxy) is 1. The van der Waals surface area contributed by atoms with Crippen LogP contribution < -0.4 is 4.74 Å². The monoisotopic (exact) mass is 360 g/mol. The van der Waals surface area contributed by atoms with E-state index in [1.807, 2.05) is 0 Å². The number of carbonyl (C=O) groups excluding carboxylic acids is 2. The summed E-state index contributed by atoms with van der Waals surface area (Å²) in [7, 11) is 3.06. The molecule has 1 aliphatic rings. The third-order valence-corrected chi connectivity index (χ3v) is 4.50. The molecule has 0 spiro atoms. The molecule has 0 aliphatic carbocycles. The molecule has 2 heterocycles. The van der Waals surface area contributed by atoms with E-state index in [0.717, 1.165) is 0 Å². The van der Waals surface area contributed by atoms with Crippen LogP contribution in [0.5, 0.6) is 5.75 Å². The van der Waals surface area contributed by atoms with Crippen LogP contribution in [0.15, 0.2) is 41.0 Å². The zero-order chi connectivity index (χ0) is 18.7. The van der Waals surface area contributed by atoms with Crippen molar-refractivity contribution in [3.8, 4) is 5.75 Å². The number of carbonyl (C=O) groups is 2. The van der Waals surface area contributed by atoms with Gasteiger partial charge < -0.3 is 19.0 Å². The lowest BCUT2D eigenvalue weighted by molar-refractivity contribution is -0.135. The molecule has 1 unspecified atom stereocenters. The highest BCUT2D eigenvalue weighted by Crippen LogP contribution is 2.23. The van der Waals surface area contributed by atoms with Gasteiger partial charge in [0.1, 0.15) is 5.76 Å². The normalized spacial score (nSPS) is 16.8. The molecule has 0 bridgehead atoms. The van der Waals surface area contributed by atoms with Gasteiger partial charge in [-0.15, -0.1) is 0 Å². The van der Waals surface area contributed by atoms with Crippen LogP contribution in [-0.2, 0) is 22.7 Å². The maximum Gasteiger partial charge on any atom is 0.228 e. The molecule has 26 heavy (non-hydrogen) atoms. The maximum absolute atomic E-state index is 13.8. The van der Waals surface area contributed by atoms with E-state index in [1.54, 1.807) is 36.4 Å². The maximum atomic E-state index is 13.8. The van der Waals surface area contributed by atoms with E-state index in [1.165, 1.54) is 24.1 Å². The Morgan fingerprint density at radius 3 is 2.88 bits per heavy atom. The molecule has 1 saturated heterocycles. The Hall–Kier alpha value is -2.83. The molecule has 6 nitrogen and oxygen atoms in total. The van der Waals surface area contributed by atoms with Gasteiger partial charge in [0, 0.05) is 26.6 Å². The SMILES string of the molecule is COc1ccc(CN(C)C(=O)C2CC(=O)N(Cc3ccco3)C2)cc1F. The first-order valence-electron chi connectivity index (χ1n) is 8.35. The van der Waals surface area contributed by atoms with E-state index in [2.05, 4.69) is 0 Å². The van der Waals surface area contributed by atoms with Crippen molar-refractivity contribution < 1.29 is 23.1 Å². The summed E-state index contributed by atoms with van der Waals surface area (Å²) in [6, 6.07) is 8.17. The number of likely N-dealkylation sites (tertiary alicyclic amines) is 1. The van der Waals surface area contributed by atoms with Crippen molar-refractivity contribution in [3.05, 3.63) is 53.7 Å². The zero-order valence-corrected chi connectivity index (χ0v) is 14.8. The Labute approximate surface area is 151 Å². The van der Waals surface area contributed by atoms with E-state index in [9.17, 15) is 14.0 Å². The van der Waals surface area contributed by atoms with Crippen molar-refractivity contribution in [3.63, 3.8) is 0 Å². The van der Waals surface area contributed by atoms with Crippen molar-refractivity contribution >= 4 is 11.8 Å². The summed E-state index contributed by atoms with van der Waals surface area (Å²) in [6.45, 7) is 0.991. The molecule has 2 aromatic rings. The van der Waals surface area contributed by atoms with Gasteiger partial charge >= 0.3 is 0 Å². The molecule has 3 rings (SSSR count). The number of furan rings is 1. The van der Waals surface area contributed by atoms with Crippen LogP contribution in [0.1, 0.15) is 17.7 Å². The molecule has 7 heteroatoms. The fourth-order valence-electron chi connectivity index (χ4n) is 3.15. The van der Waals surface area contributed by atoms with Gasteiger partial charge in [0.25, 0.3) is 0 Å². The van der Waals surface area contributed by atoms with Crippen molar-refractivity contribution in [1.29, 1.82) is 0 Å². The highest BCUT2D eigenvalue weighted by Gasteiger charge is 2.36. The summed E-state index contributed by atoms with van der Waals surface area (Å²) >= 11 is 0. The number of hydrogen-bond acceptors (Lipinski definition) is 4. The average Bonchev–Trinajstić information content (AvgIpc) is 3.25. The van der Waals surface area contributed by atoms with Gasteiger partial charge in [0.15, 0.2) is 11.6 Å². The second kappa shape index (κ2) is 7.59. The Morgan fingerprint density at radius 2 is 2.23 bits per heavy atom. The Balaban J connectivity index is 1.60. The smallest absolute Gasteiger partial charge is 0.228 e. The quantitative estimate of drug-likeness (QED) is 0.794. The van der Waals surface area contributed by atoms with Crippen molar-refractivity contribution in [2.45, 2.75) is 19.5 Å². The predicted octanol–water partition coefficient (Wildman–Crippen LogP) is 2.43. The lowest BCUT2D eigenvalue weighted by Gasteiger charge is -2.21. The third-order valence-electron chi connectivity index (χ3n) is 4.50. The molecule has 1 fully saturated rings. The van der Waals surface area contributed by atoms with Gasteiger partial charge in [-0.3, -0.25) is 9.59 Å². The second-order valence-electron chi connectivity index (χ2n) is 6.42. The van der Waals surface area contributed by atoms with Gasteiger partial charge in [0.2, 0.25) is 11.8 Å². The van der Waals surface area contributed by atoms with Crippen LogP contribution in [0.3, 0.4) is 0 Å². The molecular formula is C19H21FN2O4. The number of amides is 2. The van der Waals surface area contributed by atoms with Crippen molar-refractivity contribution in [2.75, 3.05) is 20.7 Å². The summed E-state index contributed by atoms with van der Waals surface area (Å²) < 4.78 is 24.0. The van der Waals surface area contributed by atoms with Gasteiger partial charge in [-0.2, -0.15) is 0 Å². The lowest BCUT2D eigenvalue weighted by Crippen LogP contribution is -2.34. The van der Waals surface area contributed by atoms with Crippen LogP contribution in [0, 0.1) is 11.7 Å². The molecule has 1 aromatic heterocycles. The lowest BCUT2D eigenvalue weighted by atomic mass is 10.1. The predicted molar refractivity (Wildman–Crippen MR) is 91.7 cm³/mol. The van der Waals surface area contributed by atoms with Gasteiger partial charge in [0.05, 0.1) is 25.8 Å². The van der Waals surface area contributed by atoms with E-state index >= 15 is 0 Å². The number of hydrogen-bond donors (Lipinski definition) is 0. The van der Waals surface area contributed by atoms with Gasteiger partial charge in [-0.1, -0.05) is 6.07 Å². The molecular weight excluding hydrogens is 339 g/mol. The van der Waals surface area contributed by atoms with Crippen LogP contribution >= 0.6 is 0 Å². The highest BCUT2D eigenvalue weighted by atomic mass is 19.1. The van der Waals surface area contributed by atoms with E-state index < -0.39 is 11.7 Å². The minimum absolute atomic E-state index is 0.0661. The first-order chi connectivity index (χ1) is 12.5. The number of benzene rings is 1. The summed E-state index contributed by atoms with van der Waals surface area (Å²) in [5, 5.41) is 0. The summed E-state index contributed by atoms with van der Waals surface area (Å²) in [6.07, 6.45) is 1.74. The molecule has 0 saturated carbocycles. The van der Waals surface area contributed by atoms with Crippen molar-refractivity contribution in [1.82, 2.24) is 9.80 Å². The Bertz CT molecular complexity index is 791. The molecule has 1 aromatic carbocycles. The molecule has 2 amide bonds. The number of rotatable bonds is 6. The Morgan fingerprint density at radius 1 is 1.42 bits per heavy atom. The largest absolute Gasteiger partial charge is 0.494 e. The van der Waals surface area contributed by atoms with Crippen LogP contribution in [0.2, 0.25) is 0 Å². The minimum Gasteiger partial charge on any atom is -0.494 e. The highest BCUT2D eigenvalue weighted by molar-refractivity contribution is 5.89. The van der Waals surface area contributed by atoms with E-state index in [4.69, 9.17) is 9.15 Å². The molecule has 0 radical (unpaired) electrons. The fourth-order valence-corrected chi connectivity index (χ4v) is 3.15. The zero-order valence-electron chi connectivity index (χ0n) is 14.8. The molecule has 1 aliphatic heterocycles. The first-order valence-corrected chi connectivity index (χ1v) is 8.35.